The van der Waals surface area contributed by atoms with Crippen LogP contribution in [-0.2, 0) is 9.59 Å². The van der Waals surface area contributed by atoms with Crippen molar-refractivity contribution in [1.29, 1.82) is 0 Å². The fourth-order valence-electron chi connectivity index (χ4n) is 2.94. The summed E-state index contributed by atoms with van der Waals surface area (Å²) in [6.07, 6.45) is 4.57. The molecule has 0 aliphatic carbocycles. The zero-order valence-electron chi connectivity index (χ0n) is 13.7. The summed E-state index contributed by atoms with van der Waals surface area (Å²) in [5.74, 6) is 0.666. The lowest BCUT2D eigenvalue weighted by molar-refractivity contribution is -0.191. The maximum absolute atomic E-state index is 8.12. The number of anilines is 1. The van der Waals surface area contributed by atoms with Gasteiger partial charge in [0.15, 0.2) is 0 Å². The lowest BCUT2D eigenvalue weighted by Crippen LogP contribution is -2.17. The summed E-state index contributed by atoms with van der Waals surface area (Å²) in [5.41, 5.74) is 4.27. The van der Waals surface area contributed by atoms with Gasteiger partial charge in [0, 0.05) is 29.9 Å². The zero-order chi connectivity index (χ0) is 17.5. The predicted octanol–water partition coefficient (Wildman–Crippen LogP) is 4.03. The summed E-state index contributed by atoms with van der Waals surface area (Å²) < 4.78 is 5.61. The normalized spacial score (nSPS) is 13.0. The molecule has 0 saturated carbocycles. The van der Waals surface area contributed by atoms with Crippen molar-refractivity contribution >= 4 is 11.8 Å². The molecule has 4 rings (SSSR count). The maximum atomic E-state index is 8.12. The van der Waals surface area contributed by atoms with Gasteiger partial charge in [0.1, 0.15) is 12.0 Å². The number of oxazole rings is 1. The molecule has 0 bridgehead atoms. The number of hydrogen-bond acceptors (Lipinski definition) is 5. The molecule has 1 aliphatic rings. The van der Waals surface area contributed by atoms with Crippen LogP contribution in [0.5, 0.6) is 0 Å². The van der Waals surface area contributed by atoms with E-state index in [2.05, 4.69) is 34.1 Å². The van der Waals surface area contributed by atoms with E-state index in [-0.39, 0.29) is 6.15 Å². The van der Waals surface area contributed by atoms with E-state index in [4.69, 9.17) is 14.0 Å². The fraction of sp³-hybridized carbons (Fsp3) is 0.200. The predicted molar refractivity (Wildman–Crippen MR) is 93.8 cm³/mol. The van der Waals surface area contributed by atoms with E-state index >= 15 is 0 Å². The molecule has 1 aromatic heterocycles. The average Bonchev–Trinajstić information content (AvgIpc) is 3.36. The van der Waals surface area contributed by atoms with Crippen LogP contribution in [0.15, 0.2) is 65.3 Å². The molecule has 126 valence electrons. The van der Waals surface area contributed by atoms with Gasteiger partial charge in [-0.1, -0.05) is 30.3 Å². The third-order valence-corrected chi connectivity index (χ3v) is 4.16. The van der Waals surface area contributed by atoms with Gasteiger partial charge in [-0.05, 0) is 37.1 Å². The third kappa shape index (κ3) is 4.03. The molecule has 0 N–H and O–H groups in total. The quantitative estimate of drug-likeness (QED) is 0.724. The molecular weight excluding hydrogens is 316 g/mol. The van der Waals surface area contributed by atoms with E-state index in [0.29, 0.717) is 5.89 Å². The topological polar surface area (TPSA) is 63.4 Å². The smallest absolute Gasteiger partial charge is 0.373 e. The first kappa shape index (κ1) is 16.7. The van der Waals surface area contributed by atoms with Crippen molar-refractivity contribution in [2.24, 2.45) is 0 Å². The van der Waals surface area contributed by atoms with Crippen molar-refractivity contribution in [3.8, 4) is 22.7 Å². The average molecular weight is 334 g/mol. The Morgan fingerprint density at radius 1 is 0.880 bits per heavy atom. The molecule has 0 radical (unpaired) electrons. The highest BCUT2D eigenvalue weighted by Crippen LogP contribution is 2.27. The minimum Gasteiger partial charge on any atom is -0.444 e. The van der Waals surface area contributed by atoms with Crippen LogP contribution in [0.25, 0.3) is 22.7 Å². The second-order valence-corrected chi connectivity index (χ2v) is 5.73. The molecule has 2 heterocycles. The highest BCUT2D eigenvalue weighted by Gasteiger charge is 2.13. The Hall–Kier alpha value is -3.17. The van der Waals surface area contributed by atoms with Crippen LogP contribution in [0.4, 0.5) is 5.69 Å². The highest BCUT2D eigenvalue weighted by molar-refractivity contribution is 5.65. The summed E-state index contributed by atoms with van der Waals surface area (Å²) in [6.45, 7) is 2.34. The first-order valence-corrected chi connectivity index (χ1v) is 8.17. The van der Waals surface area contributed by atoms with Crippen molar-refractivity contribution in [2.45, 2.75) is 12.8 Å². The number of carbonyl (C=O) groups excluding carboxylic acids is 2. The summed E-state index contributed by atoms with van der Waals surface area (Å²) in [7, 11) is 0. The van der Waals surface area contributed by atoms with Crippen LogP contribution in [0.1, 0.15) is 12.8 Å². The van der Waals surface area contributed by atoms with Gasteiger partial charge in [0.2, 0.25) is 5.89 Å². The van der Waals surface area contributed by atoms with E-state index in [1.165, 1.54) is 31.6 Å². The largest absolute Gasteiger partial charge is 0.444 e. The Balaban J connectivity index is 0.000000569. The van der Waals surface area contributed by atoms with Crippen LogP contribution >= 0.6 is 0 Å². The van der Waals surface area contributed by atoms with E-state index in [1.807, 2.05) is 30.3 Å². The first-order chi connectivity index (χ1) is 12.3. The SMILES string of the molecule is O=C=O.c1ccc(-c2nc(-c3ccc(N4CCCC4)cc3)co2)cc1. The Morgan fingerprint density at radius 2 is 1.52 bits per heavy atom. The summed E-state index contributed by atoms with van der Waals surface area (Å²) in [6, 6.07) is 18.6. The molecule has 3 aromatic rings. The standard InChI is InChI=1S/C19H18N2O.CO2/c1-2-6-16(7-3-1)19-20-18(14-22-19)15-8-10-17(11-9-15)21-12-4-5-13-21;2-1-3/h1-3,6-11,14H,4-5,12-13H2;. The van der Waals surface area contributed by atoms with E-state index in [9.17, 15) is 0 Å². The molecule has 1 aliphatic heterocycles. The van der Waals surface area contributed by atoms with Crippen LogP contribution < -0.4 is 4.90 Å². The van der Waals surface area contributed by atoms with Gasteiger partial charge in [0.25, 0.3) is 0 Å². The molecule has 0 unspecified atom stereocenters. The Morgan fingerprint density at radius 3 is 2.16 bits per heavy atom. The molecule has 0 atom stereocenters. The van der Waals surface area contributed by atoms with Gasteiger partial charge in [-0.25, -0.2) is 4.98 Å². The second-order valence-electron chi connectivity index (χ2n) is 5.73. The van der Waals surface area contributed by atoms with Crippen molar-refractivity contribution < 1.29 is 14.0 Å². The van der Waals surface area contributed by atoms with E-state index in [0.717, 1.165) is 16.8 Å². The van der Waals surface area contributed by atoms with Gasteiger partial charge < -0.3 is 9.32 Å². The molecule has 25 heavy (non-hydrogen) atoms. The molecule has 0 spiro atoms. The van der Waals surface area contributed by atoms with Gasteiger partial charge in [-0.2, -0.15) is 9.59 Å². The van der Waals surface area contributed by atoms with Crippen LogP contribution in [-0.4, -0.2) is 24.2 Å². The Labute approximate surface area is 145 Å². The van der Waals surface area contributed by atoms with Gasteiger partial charge in [0.05, 0.1) is 0 Å². The van der Waals surface area contributed by atoms with Crippen LogP contribution in [0.3, 0.4) is 0 Å². The fourth-order valence-corrected chi connectivity index (χ4v) is 2.94. The zero-order valence-corrected chi connectivity index (χ0v) is 13.7. The molecule has 5 nitrogen and oxygen atoms in total. The minimum absolute atomic E-state index is 0.250. The molecule has 1 saturated heterocycles. The van der Waals surface area contributed by atoms with E-state index in [1.54, 1.807) is 6.26 Å². The Kier molecular flexibility index (Phi) is 5.39. The Bertz CT molecular complexity index is 829. The number of aromatic nitrogens is 1. The summed E-state index contributed by atoms with van der Waals surface area (Å²) in [5, 5.41) is 0. The summed E-state index contributed by atoms with van der Waals surface area (Å²) >= 11 is 0. The molecule has 5 heteroatoms. The van der Waals surface area contributed by atoms with Crippen molar-refractivity contribution in [3.63, 3.8) is 0 Å². The van der Waals surface area contributed by atoms with Crippen LogP contribution in [0.2, 0.25) is 0 Å². The lowest BCUT2D eigenvalue weighted by Gasteiger charge is -2.17. The number of hydrogen-bond donors (Lipinski definition) is 0. The molecular formula is C20H18N2O3. The van der Waals surface area contributed by atoms with Crippen molar-refractivity contribution in [2.75, 3.05) is 18.0 Å². The third-order valence-electron chi connectivity index (χ3n) is 4.16. The summed E-state index contributed by atoms with van der Waals surface area (Å²) in [4.78, 5) is 23.3. The lowest BCUT2D eigenvalue weighted by atomic mass is 10.1. The maximum Gasteiger partial charge on any atom is 0.373 e. The van der Waals surface area contributed by atoms with Gasteiger partial charge >= 0.3 is 6.15 Å². The molecule has 0 amide bonds. The van der Waals surface area contributed by atoms with E-state index < -0.39 is 0 Å². The highest BCUT2D eigenvalue weighted by atomic mass is 16.3. The first-order valence-electron chi connectivity index (χ1n) is 8.17. The molecule has 2 aromatic carbocycles. The van der Waals surface area contributed by atoms with Crippen LogP contribution in [0, 0.1) is 0 Å². The number of benzene rings is 2. The van der Waals surface area contributed by atoms with Crippen molar-refractivity contribution in [1.82, 2.24) is 4.98 Å². The minimum atomic E-state index is 0.250. The number of rotatable bonds is 3. The van der Waals surface area contributed by atoms with Gasteiger partial charge in [-0.15, -0.1) is 0 Å². The molecule has 1 fully saturated rings. The second kappa shape index (κ2) is 8.08. The van der Waals surface area contributed by atoms with Crippen molar-refractivity contribution in [3.05, 3.63) is 60.9 Å². The monoisotopic (exact) mass is 334 g/mol. The van der Waals surface area contributed by atoms with Gasteiger partial charge in [-0.3, -0.25) is 0 Å². The number of nitrogens with zero attached hydrogens (tertiary/aromatic N) is 2.